The van der Waals surface area contributed by atoms with E-state index in [0.717, 1.165) is 28.1 Å². The Kier molecular flexibility index (Phi) is 5.58. The molecule has 1 aromatic heterocycles. The molecule has 0 aliphatic carbocycles. The number of ether oxygens (including phenoxy) is 1. The average Bonchev–Trinajstić information content (AvgIpc) is 3.18. The lowest BCUT2D eigenvalue weighted by atomic mass is 10.1. The lowest BCUT2D eigenvalue weighted by Gasteiger charge is -2.09. The summed E-state index contributed by atoms with van der Waals surface area (Å²) in [5.74, 6) is 0.723. The van der Waals surface area contributed by atoms with Gasteiger partial charge in [0.15, 0.2) is 5.13 Å². The van der Waals surface area contributed by atoms with Crippen LogP contribution >= 0.6 is 11.3 Å². The number of hydrogen-bond donors (Lipinski definition) is 1. The lowest BCUT2D eigenvalue weighted by Crippen LogP contribution is -2.15. The van der Waals surface area contributed by atoms with Gasteiger partial charge in [-0.15, -0.1) is 11.3 Å². The summed E-state index contributed by atoms with van der Waals surface area (Å²) in [4.78, 5) is 16.8. The molecule has 0 unspecified atom stereocenters. The van der Waals surface area contributed by atoms with E-state index in [-0.39, 0.29) is 12.3 Å². The Bertz CT molecular complexity index is 1170. The van der Waals surface area contributed by atoms with Crippen molar-refractivity contribution >= 4 is 33.1 Å². The van der Waals surface area contributed by atoms with Crippen LogP contribution in [0.3, 0.4) is 0 Å². The molecule has 29 heavy (non-hydrogen) atoms. The van der Waals surface area contributed by atoms with Crippen LogP contribution in [-0.4, -0.2) is 17.5 Å². The molecule has 146 valence electrons. The number of rotatable bonds is 6. The zero-order valence-corrected chi connectivity index (χ0v) is 17.3. The molecule has 4 nitrogen and oxygen atoms in total. The SMILES string of the molecule is Cc1ccc(C)c(OCCC(=O)Nc2nc(-c3ccc4ccccc4c3)cs2)c1. The minimum Gasteiger partial charge on any atom is -0.493 e. The first-order chi connectivity index (χ1) is 14.1. The maximum atomic E-state index is 12.3. The monoisotopic (exact) mass is 402 g/mol. The van der Waals surface area contributed by atoms with Gasteiger partial charge in [0, 0.05) is 10.9 Å². The maximum absolute atomic E-state index is 12.3. The fraction of sp³-hybridized carbons (Fsp3) is 0.167. The number of nitrogens with one attached hydrogen (secondary N) is 1. The largest absolute Gasteiger partial charge is 0.493 e. The van der Waals surface area contributed by atoms with Crippen LogP contribution in [0.4, 0.5) is 5.13 Å². The van der Waals surface area contributed by atoms with Crippen molar-refractivity contribution in [1.29, 1.82) is 0 Å². The van der Waals surface area contributed by atoms with Crippen LogP contribution in [0.15, 0.2) is 66.0 Å². The van der Waals surface area contributed by atoms with Crippen molar-refractivity contribution in [1.82, 2.24) is 4.98 Å². The van der Waals surface area contributed by atoms with E-state index < -0.39 is 0 Å². The molecule has 0 radical (unpaired) electrons. The highest BCUT2D eigenvalue weighted by molar-refractivity contribution is 7.14. The number of aryl methyl sites for hydroxylation is 2. The van der Waals surface area contributed by atoms with Crippen LogP contribution < -0.4 is 10.1 Å². The molecular formula is C24H22N2O2S. The highest BCUT2D eigenvalue weighted by Crippen LogP contribution is 2.28. The minimum absolute atomic E-state index is 0.102. The summed E-state index contributed by atoms with van der Waals surface area (Å²) in [6, 6.07) is 20.6. The quantitative estimate of drug-likeness (QED) is 0.431. The highest BCUT2D eigenvalue weighted by atomic mass is 32.1. The third-order valence-electron chi connectivity index (χ3n) is 4.73. The number of fused-ring (bicyclic) bond motifs is 1. The van der Waals surface area contributed by atoms with Crippen molar-refractivity contribution in [3.8, 4) is 17.0 Å². The van der Waals surface area contributed by atoms with Crippen LogP contribution in [-0.2, 0) is 4.79 Å². The van der Waals surface area contributed by atoms with E-state index in [1.807, 2.05) is 49.6 Å². The number of thiazole rings is 1. The maximum Gasteiger partial charge on any atom is 0.229 e. The van der Waals surface area contributed by atoms with Crippen LogP contribution in [0.2, 0.25) is 0 Å². The van der Waals surface area contributed by atoms with Crippen molar-refractivity contribution in [3.05, 3.63) is 77.2 Å². The summed E-state index contributed by atoms with van der Waals surface area (Å²) in [6.45, 7) is 4.35. The smallest absolute Gasteiger partial charge is 0.229 e. The number of benzene rings is 3. The van der Waals surface area contributed by atoms with Gasteiger partial charge in [0.25, 0.3) is 0 Å². The number of aromatic nitrogens is 1. The van der Waals surface area contributed by atoms with E-state index in [0.29, 0.717) is 11.7 Å². The fourth-order valence-corrected chi connectivity index (χ4v) is 3.85. The molecule has 0 atom stereocenters. The Labute approximate surface area is 174 Å². The molecule has 0 saturated heterocycles. The Morgan fingerprint density at radius 1 is 1.03 bits per heavy atom. The molecule has 5 heteroatoms. The zero-order valence-electron chi connectivity index (χ0n) is 16.4. The minimum atomic E-state index is -0.102. The van der Waals surface area contributed by atoms with Crippen molar-refractivity contribution in [2.24, 2.45) is 0 Å². The van der Waals surface area contributed by atoms with E-state index in [1.54, 1.807) is 0 Å². The summed E-state index contributed by atoms with van der Waals surface area (Å²) in [7, 11) is 0. The molecule has 0 fully saturated rings. The van der Waals surface area contributed by atoms with E-state index in [2.05, 4.69) is 40.6 Å². The van der Waals surface area contributed by atoms with Gasteiger partial charge in [0.2, 0.25) is 5.91 Å². The third kappa shape index (κ3) is 4.63. The van der Waals surface area contributed by atoms with Crippen LogP contribution in [0.5, 0.6) is 5.75 Å². The number of carbonyl (C=O) groups is 1. The predicted molar refractivity (Wildman–Crippen MR) is 120 cm³/mol. The number of nitrogens with zero attached hydrogens (tertiary/aromatic N) is 1. The van der Waals surface area contributed by atoms with Crippen molar-refractivity contribution < 1.29 is 9.53 Å². The number of anilines is 1. The van der Waals surface area contributed by atoms with Crippen molar-refractivity contribution in [2.75, 3.05) is 11.9 Å². The topological polar surface area (TPSA) is 51.2 Å². The molecule has 3 aromatic carbocycles. The van der Waals surface area contributed by atoms with Crippen LogP contribution in [0.25, 0.3) is 22.0 Å². The average molecular weight is 403 g/mol. The molecule has 0 saturated carbocycles. The summed E-state index contributed by atoms with van der Waals surface area (Å²) in [5, 5.41) is 7.81. The van der Waals surface area contributed by atoms with E-state index in [9.17, 15) is 4.79 Å². The van der Waals surface area contributed by atoms with Gasteiger partial charge in [-0.3, -0.25) is 4.79 Å². The number of carbonyl (C=O) groups excluding carboxylic acids is 1. The lowest BCUT2D eigenvalue weighted by molar-refractivity contribution is -0.116. The first-order valence-electron chi connectivity index (χ1n) is 9.53. The Balaban J connectivity index is 1.35. The second-order valence-electron chi connectivity index (χ2n) is 7.02. The van der Waals surface area contributed by atoms with E-state index in [1.165, 1.54) is 22.1 Å². The molecule has 4 aromatic rings. The molecular weight excluding hydrogens is 380 g/mol. The highest BCUT2D eigenvalue weighted by Gasteiger charge is 2.09. The molecule has 0 spiro atoms. The van der Waals surface area contributed by atoms with Crippen LogP contribution in [0.1, 0.15) is 17.5 Å². The van der Waals surface area contributed by atoms with Gasteiger partial charge in [0.05, 0.1) is 18.7 Å². The number of hydrogen-bond acceptors (Lipinski definition) is 4. The van der Waals surface area contributed by atoms with Gasteiger partial charge in [-0.25, -0.2) is 4.98 Å². The van der Waals surface area contributed by atoms with Gasteiger partial charge in [-0.05, 0) is 47.9 Å². The summed E-state index contributed by atoms with van der Waals surface area (Å²) in [5.41, 5.74) is 4.11. The standard InChI is InChI=1S/C24H22N2O2S/c1-16-7-8-17(2)22(13-16)28-12-11-23(27)26-24-25-21(15-29-24)20-10-9-18-5-3-4-6-19(18)14-20/h3-10,13-15H,11-12H2,1-2H3,(H,25,26,27). The van der Waals surface area contributed by atoms with E-state index >= 15 is 0 Å². The first kappa shape index (κ1) is 19.2. The normalized spacial score (nSPS) is 10.8. The Hall–Kier alpha value is -3.18. The van der Waals surface area contributed by atoms with Crippen molar-refractivity contribution in [2.45, 2.75) is 20.3 Å². The Morgan fingerprint density at radius 3 is 2.72 bits per heavy atom. The second kappa shape index (κ2) is 8.45. The van der Waals surface area contributed by atoms with Gasteiger partial charge in [-0.1, -0.05) is 48.5 Å². The van der Waals surface area contributed by atoms with Gasteiger partial charge in [-0.2, -0.15) is 0 Å². The fourth-order valence-electron chi connectivity index (χ4n) is 3.11. The van der Waals surface area contributed by atoms with E-state index in [4.69, 9.17) is 4.74 Å². The molecule has 1 heterocycles. The first-order valence-corrected chi connectivity index (χ1v) is 10.4. The van der Waals surface area contributed by atoms with Gasteiger partial charge >= 0.3 is 0 Å². The second-order valence-corrected chi connectivity index (χ2v) is 7.87. The molecule has 0 aliphatic heterocycles. The van der Waals surface area contributed by atoms with Crippen LogP contribution in [0, 0.1) is 13.8 Å². The summed E-state index contributed by atoms with van der Waals surface area (Å²) >= 11 is 1.43. The summed E-state index contributed by atoms with van der Waals surface area (Å²) in [6.07, 6.45) is 0.276. The molecule has 1 amide bonds. The molecule has 4 rings (SSSR count). The predicted octanol–water partition coefficient (Wildman–Crippen LogP) is 5.99. The number of amides is 1. The zero-order chi connectivity index (χ0) is 20.2. The third-order valence-corrected chi connectivity index (χ3v) is 5.48. The Morgan fingerprint density at radius 2 is 1.86 bits per heavy atom. The van der Waals surface area contributed by atoms with Crippen molar-refractivity contribution in [3.63, 3.8) is 0 Å². The van der Waals surface area contributed by atoms with Gasteiger partial charge < -0.3 is 10.1 Å². The molecule has 1 N–H and O–H groups in total. The van der Waals surface area contributed by atoms with Gasteiger partial charge in [0.1, 0.15) is 5.75 Å². The molecule has 0 bridgehead atoms. The summed E-state index contributed by atoms with van der Waals surface area (Å²) < 4.78 is 5.76. The molecule has 0 aliphatic rings.